The van der Waals surface area contributed by atoms with E-state index in [9.17, 15) is 27.6 Å². The van der Waals surface area contributed by atoms with Crippen LogP contribution in [0.3, 0.4) is 0 Å². The van der Waals surface area contributed by atoms with E-state index in [0.717, 1.165) is 17.0 Å². The maximum atomic E-state index is 15.1. The molecule has 1 heterocycles. The number of alkyl halides is 6. The first-order valence-corrected chi connectivity index (χ1v) is 12.3. The van der Waals surface area contributed by atoms with Gasteiger partial charge in [-0.1, -0.05) is 32.0 Å². The van der Waals surface area contributed by atoms with Gasteiger partial charge >= 0.3 is 12.4 Å². The van der Waals surface area contributed by atoms with Gasteiger partial charge in [-0.05, 0) is 36.1 Å². The van der Waals surface area contributed by atoms with Crippen molar-refractivity contribution in [2.45, 2.75) is 51.1 Å². The molecule has 0 saturated carbocycles. The molecule has 41 heavy (non-hydrogen) atoms. The van der Waals surface area contributed by atoms with Crippen molar-refractivity contribution in [3.8, 4) is 11.5 Å². The Hall–Kier alpha value is -4.03. The van der Waals surface area contributed by atoms with Crippen molar-refractivity contribution >= 4 is 17.6 Å². The lowest BCUT2D eigenvalue weighted by Gasteiger charge is -2.35. The first-order chi connectivity index (χ1) is 19.0. The van der Waals surface area contributed by atoms with Crippen LogP contribution >= 0.6 is 0 Å². The summed E-state index contributed by atoms with van der Waals surface area (Å²) in [4.78, 5) is 41.1. The zero-order chi connectivity index (χ0) is 30.5. The van der Waals surface area contributed by atoms with Gasteiger partial charge in [0.2, 0.25) is 5.54 Å². The van der Waals surface area contributed by atoms with Gasteiger partial charge in [-0.3, -0.25) is 14.4 Å². The number of Topliss-reactive ketones (excluding diaryl/α,β-unsaturated/α-hetero) is 1. The summed E-state index contributed by atoms with van der Waals surface area (Å²) in [5.74, 6) is -3.89. The molecule has 1 aliphatic carbocycles. The molecule has 0 bridgehead atoms. The van der Waals surface area contributed by atoms with E-state index in [2.05, 4.69) is 0 Å². The number of ether oxygens (including phenoxy) is 2. The van der Waals surface area contributed by atoms with Crippen molar-refractivity contribution in [3.05, 3.63) is 70.4 Å². The van der Waals surface area contributed by atoms with Crippen LogP contribution in [0.5, 0.6) is 11.5 Å². The van der Waals surface area contributed by atoms with Gasteiger partial charge in [-0.15, -0.1) is 0 Å². The molecule has 2 amide bonds. The van der Waals surface area contributed by atoms with Crippen molar-refractivity contribution in [1.29, 1.82) is 0 Å². The van der Waals surface area contributed by atoms with Crippen LogP contribution < -0.4 is 14.8 Å². The fraction of sp³-hybridized carbons (Fsp3) is 0.393. The number of halogens is 6. The van der Waals surface area contributed by atoms with E-state index in [0.29, 0.717) is 12.1 Å². The Morgan fingerprint density at radius 1 is 0.976 bits per heavy atom. The molecule has 13 heteroatoms. The van der Waals surface area contributed by atoms with Crippen LogP contribution in [0, 0.1) is 5.41 Å². The zero-order valence-electron chi connectivity index (χ0n) is 22.4. The molecule has 1 unspecified atom stereocenters. The van der Waals surface area contributed by atoms with Crippen molar-refractivity contribution in [3.63, 3.8) is 0 Å². The maximum absolute atomic E-state index is 15.1. The fourth-order valence-electron chi connectivity index (χ4n) is 5.32. The highest BCUT2D eigenvalue weighted by Gasteiger charge is 2.71. The minimum atomic E-state index is -5.54. The van der Waals surface area contributed by atoms with Gasteiger partial charge in [0.15, 0.2) is 17.3 Å². The zero-order valence-corrected chi connectivity index (χ0v) is 22.4. The molecular formula is C28H26F6N2O5. The summed E-state index contributed by atoms with van der Waals surface area (Å²) < 4.78 is 95.5. The van der Waals surface area contributed by atoms with Gasteiger partial charge in [0.25, 0.3) is 11.8 Å². The topological polar surface area (TPSA) is 84.9 Å². The van der Waals surface area contributed by atoms with Crippen LogP contribution in [0.1, 0.15) is 48.2 Å². The second kappa shape index (κ2) is 10.1. The second-order valence-electron chi connectivity index (χ2n) is 10.6. The number of methoxy groups -OCH3 is 2. The first-order valence-electron chi connectivity index (χ1n) is 12.3. The molecule has 2 aromatic rings. The Kier molecular flexibility index (Phi) is 7.38. The van der Waals surface area contributed by atoms with Gasteiger partial charge in [0.1, 0.15) is 0 Å². The standard InChI is InChI=1S/C28H26F6N2O5/c1-25(2)12-18-21(19(37)13-25)26(28(32,33)34,35-23(38)15-7-5-9-17(11-15)27(29,30)31)24(39)36(18)14-16-8-6-10-20(40-3)22(16)41-4/h5-11H,12-14H2,1-4H3,(H,35,38). The minimum Gasteiger partial charge on any atom is -0.493 e. The number of carbonyl (C=O) groups is 3. The SMILES string of the molecule is COc1cccc(CN2C(=O)C(NC(=O)c3cccc(C(F)(F)F)c3)(C(F)(F)F)C3=C2CC(C)(C)CC3=O)c1OC. The number of allylic oxidation sites excluding steroid dienone is 1. The van der Waals surface area contributed by atoms with E-state index in [4.69, 9.17) is 9.47 Å². The number of carbonyl (C=O) groups excluding carboxylic acids is 3. The number of ketones is 1. The number of nitrogens with zero attached hydrogens (tertiary/aromatic N) is 1. The summed E-state index contributed by atoms with van der Waals surface area (Å²) >= 11 is 0. The quantitative estimate of drug-likeness (QED) is 0.458. The van der Waals surface area contributed by atoms with Crippen LogP contribution in [-0.4, -0.2) is 48.4 Å². The predicted octanol–water partition coefficient (Wildman–Crippen LogP) is 5.44. The van der Waals surface area contributed by atoms with Gasteiger partial charge in [0, 0.05) is 23.2 Å². The van der Waals surface area contributed by atoms with Crippen molar-refractivity contribution < 1.29 is 50.2 Å². The first kappa shape index (κ1) is 29.9. The lowest BCUT2D eigenvalue weighted by Crippen LogP contribution is -2.66. The number of amides is 2. The highest BCUT2D eigenvalue weighted by Crippen LogP contribution is 2.52. The summed E-state index contributed by atoms with van der Waals surface area (Å²) in [6.45, 7) is 2.83. The molecule has 1 N–H and O–H groups in total. The number of nitrogens with one attached hydrogen (secondary N) is 1. The average Bonchev–Trinajstić information content (AvgIpc) is 3.10. The molecule has 220 valence electrons. The molecule has 2 aliphatic rings. The molecule has 4 rings (SSSR count). The molecule has 0 spiro atoms. The molecule has 0 radical (unpaired) electrons. The average molecular weight is 585 g/mol. The van der Waals surface area contributed by atoms with E-state index in [1.54, 1.807) is 25.2 Å². The van der Waals surface area contributed by atoms with E-state index in [1.807, 2.05) is 0 Å². The fourth-order valence-corrected chi connectivity index (χ4v) is 5.32. The lowest BCUT2D eigenvalue weighted by molar-refractivity contribution is -0.190. The van der Waals surface area contributed by atoms with E-state index >= 15 is 13.2 Å². The van der Waals surface area contributed by atoms with Crippen LogP contribution in [0.4, 0.5) is 26.3 Å². The molecule has 2 aromatic carbocycles. The molecule has 1 atom stereocenters. The van der Waals surface area contributed by atoms with Gasteiger partial charge in [0.05, 0.1) is 31.9 Å². The molecule has 7 nitrogen and oxygen atoms in total. The van der Waals surface area contributed by atoms with Crippen LogP contribution in [0.2, 0.25) is 0 Å². The Balaban J connectivity index is 1.88. The predicted molar refractivity (Wildman–Crippen MR) is 133 cm³/mol. The summed E-state index contributed by atoms with van der Waals surface area (Å²) in [6, 6.07) is 7.34. The molecule has 0 aromatic heterocycles. The smallest absolute Gasteiger partial charge is 0.425 e. The highest BCUT2D eigenvalue weighted by molar-refractivity contribution is 6.14. The molecule has 0 fully saturated rings. The van der Waals surface area contributed by atoms with E-state index in [1.165, 1.54) is 26.4 Å². The van der Waals surface area contributed by atoms with Gasteiger partial charge < -0.3 is 19.7 Å². The number of para-hydroxylation sites is 1. The van der Waals surface area contributed by atoms with Crippen molar-refractivity contribution in [2.24, 2.45) is 5.41 Å². The van der Waals surface area contributed by atoms with Crippen LogP contribution in [-0.2, 0) is 22.3 Å². The second-order valence-corrected chi connectivity index (χ2v) is 10.6. The Labute approximate surface area is 231 Å². The summed E-state index contributed by atoms with van der Waals surface area (Å²) in [6.07, 6.45) is -10.9. The minimum absolute atomic E-state index is 0.122. The van der Waals surface area contributed by atoms with E-state index in [-0.39, 0.29) is 35.6 Å². The summed E-state index contributed by atoms with van der Waals surface area (Å²) in [7, 11) is 2.66. The van der Waals surface area contributed by atoms with Crippen LogP contribution in [0.15, 0.2) is 53.7 Å². The Morgan fingerprint density at radius 2 is 1.63 bits per heavy atom. The molecule has 0 saturated heterocycles. The summed E-state index contributed by atoms with van der Waals surface area (Å²) in [5, 5.41) is 1.64. The van der Waals surface area contributed by atoms with Crippen molar-refractivity contribution in [1.82, 2.24) is 10.2 Å². The van der Waals surface area contributed by atoms with Gasteiger partial charge in [-0.2, -0.15) is 26.3 Å². The third-order valence-electron chi connectivity index (χ3n) is 7.11. The van der Waals surface area contributed by atoms with Crippen LogP contribution in [0.25, 0.3) is 0 Å². The Morgan fingerprint density at radius 3 is 2.22 bits per heavy atom. The molecule has 1 aliphatic heterocycles. The maximum Gasteiger partial charge on any atom is 0.425 e. The number of hydrogen-bond acceptors (Lipinski definition) is 5. The van der Waals surface area contributed by atoms with Crippen molar-refractivity contribution in [2.75, 3.05) is 14.2 Å². The third-order valence-corrected chi connectivity index (χ3v) is 7.11. The molecular weight excluding hydrogens is 558 g/mol. The monoisotopic (exact) mass is 584 g/mol. The lowest BCUT2D eigenvalue weighted by atomic mass is 9.72. The third kappa shape index (κ3) is 5.13. The highest BCUT2D eigenvalue weighted by atomic mass is 19.4. The largest absolute Gasteiger partial charge is 0.493 e. The normalized spacial score (nSPS) is 20.7. The van der Waals surface area contributed by atoms with Gasteiger partial charge in [-0.25, -0.2) is 0 Å². The Bertz CT molecular complexity index is 1450. The summed E-state index contributed by atoms with van der Waals surface area (Å²) in [5.41, 5.74) is -7.63. The van der Waals surface area contributed by atoms with E-state index < -0.39 is 64.1 Å². The number of benzene rings is 2. The number of rotatable bonds is 6. The number of hydrogen-bond donors (Lipinski definition) is 1.